The number of rotatable bonds is 4. The van der Waals surface area contributed by atoms with Crippen molar-refractivity contribution in [2.24, 2.45) is 0 Å². The fourth-order valence-electron chi connectivity index (χ4n) is 7.59. The smallest absolute Gasteiger partial charge is 0.143 e. The van der Waals surface area contributed by atoms with E-state index >= 15 is 0 Å². The second-order valence-corrected chi connectivity index (χ2v) is 12.5. The lowest BCUT2D eigenvalue weighted by Gasteiger charge is -2.19. The van der Waals surface area contributed by atoms with Gasteiger partial charge < -0.3 is 4.42 Å². The van der Waals surface area contributed by atoms with Crippen LogP contribution in [-0.4, -0.2) is 0 Å². The van der Waals surface area contributed by atoms with Crippen molar-refractivity contribution < 1.29 is 11.3 Å². The van der Waals surface area contributed by atoms with Crippen molar-refractivity contribution in [2.75, 3.05) is 0 Å². The van der Waals surface area contributed by atoms with Crippen LogP contribution in [-0.2, 0) is 0 Å². The van der Waals surface area contributed by atoms with E-state index in [4.69, 9.17) is 11.3 Å². The quantitative estimate of drug-likeness (QED) is 0.177. The Hall–Kier alpha value is -6.44. The van der Waals surface area contributed by atoms with Gasteiger partial charge in [0.15, 0.2) is 0 Å². The van der Waals surface area contributed by atoms with Crippen LogP contribution in [0, 0.1) is 0 Å². The predicted molar refractivity (Wildman–Crippen MR) is 208 cm³/mol. The SMILES string of the molecule is [2H]c1c([2H])c([2H])c(-c2c3ccccc3c(-c3cc(-c4cc(-c5ccccc5)c5oc6ccccc6c5c4)c4ccccc4c3)c3ccccc23)c([2H])c1[2H]. The molecule has 0 aliphatic carbocycles. The van der Waals surface area contributed by atoms with Crippen molar-refractivity contribution in [3.05, 3.63) is 182 Å². The molecule has 10 aromatic rings. The maximum absolute atomic E-state index is 8.95. The van der Waals surface area contributed by atoms with E-state index in [1.165, 1.54) is 0 Å². The molecule has 0 bridgehead atoms. The van der Waals surface area contributed by atoms with E-state index in [1.54, 1.807) is 0 Å². The molecule has 1 nitrogen and oxygen atoms in total. The Morgan fingerprint density at radius 2 is 0.918 bits per heavy atom. The van der Waals surface area contributed by atoms with Gasteiger partial charge in [-0.05, 0) is 102 Å². The Balaban J connectivity index is 1.31. The van der Waals surface area contributed by atoms with Crippen LogP contribution in [0.3, 0.4) is 0 Å². The van der Waals surface area contributed by atoms with Gasteiger partial charge >= 0.3 is 0 Å². The number of hydrogen-bond acceptors (Lipinski definition) is 1. The van der Waals surface area contributed by atoms with E-state index in [9.17, 15) is 0 Å². The van der Waals surface area contributed by atoms with E-state index < -0.39 is 6.04 Å². The topological polar surface area (TPSA) is 13.1 Å². The molecule has 10 rings (SSSR count). The molecule has 0 amide bonds. The molecule has 1 heteroatoms. The van der Waals surface area contributed by atoms with Crippen LogP contribution in [0.5, 0.6) is 0 Å². The molecule has 9 aromatic carbocycles. The second-order valence-electron chi connectivity index (χ2n) is 12.5. The van der Waals surface area contributed by atoms with Gasteiger partial charge in [0, 0.05) is 16.3 Å². The number of para-hydroxylation sites is 1. The lowest BCUT2D eigenvalue weighted by atomic mass is 9.84. The molecular formula is C48H30O. The largest absolute Gasteiger partial charge is 0.455 e. The van der Waals surface area contributed by atoms with Gasteiger partial charge in [-0.2, -0.15) is 0 Å². The first-order chi connectivity index (χ1) is 26.4. The Bertz CT molecular complexity index is 3080. The summed E-state index contributed by atoms with van der Waals surface area (Å²) in [5.74, 6) is 0. The molecule has 0 fully saturated rings. The fraction of sp³-hybridized carbons (Fsp3) is 0. The van der Waals surface area contributed by atoms with Gasteiger partial charge in [-0.1, -0.05) is 152 Å². The van der Waals surface area contributed by atoms with Crippen molar-refractivity contribution in [3.8, 4) is 44.5 Å². The molecule has 1 aromatic heterocycles. The van der Waals surface area contributed by atoms with E-state index in [0.29, 0.717) is 5.56 Å². The van der Waals surface area contributed by atoms with E-state index in [-0.39, 0.29) is 29.7 Å². The minimum absolute atomic E-state index is 0.202. The average molecular weight is 628 g/mol. The molecule has 49 heavy (non-hydrogen) atoms. The van der Waals surface area contributed by atoms with Crippen LogP contribution in [0.4, 0.5) is 0 Å². The highest BCUT2D eigenvalue weighted by Crippen LogP contribution is 2.46. The fourth-order valence-corrected chi connectivity index (χ4v) is 7.59. The van der Waals surface area contributed by atoms with Crippen molar-refractivity contribution in [3.63, 3.8) is 0 Å². The van der Waals surface area contributed by atoms with Crippen molar-refractivity contribution >= 4 is 54.3 Å². The van der Waals surface area contributed by atoms with E-state index in [0.717, 1.165) is 87.6 Å². The molecule has 0 saturated carbocycles. The predicted octanol–water partition coefficient (Wildman–Crippen LogP) is 13.7. The molecule has 0 spiro atoms. The number of furan rings is 1. The summed E-state index contributed by atoms with van der Waals surface area (Å²) in [4.78, 5) is 0. The Morgan fingerprint density at radius 3 is 1.61 bits per heavy atom. The van der Waals surface area contributed by atoms with Gasteiger partial charge in [-0.3, -0.25) is 0 Å². The third-order valence-electron chi connectivity index (χ3n) is 9.71. The summed E-state index contributed by atoms with van der Waals surface area (Å²) in [6.07, 6.45) is 0. The normalized spacial score (nSPS) is 13.1. The summed E-state index contributed by atoms with van der Waals surface area (Å²) >= 11 is 0. The maximum atomic E-state index is 8.95. The van der Waals surface area contributed by atoms with Crippen molar-refractivity contribution in [1.29, 1.82) is 0 Å². The third-order valence-corrected chi connectivity index (χ3v) is 9.71. The summed E-state index contributed by atoms with van der Waals surface area (Å²) in [7, 11) is 0. The summed E-state index contributed by atoms with van der Waals surface area (Å²) in [6.45, 7) is 0. The molecule has 1 heterocycles. The lowest BCUT2D eigenvalue weighted by molar-refractivity contribution is 0.670. The zero-order chi connectivity index (χ0) is 36.7. The molecule has 0 radical (unpaired) electrons. The standard InChI is InChI=1S/C48H30O/c1-3-15-31(16-4-1)43-28-34(29-44-37-21-13-14-26-45(37)49-48(43)44)42-30-35(27-33-19-7-8-20-36(33)42)47-40-24-11-9-22-38(40)46(32-17-5-2-6-18-32)39-23-10-12-25-41(39)47/h1-30H/i2D,5D,6D,17D,18D. The van der Waals surface area contributed by atoms with Crippen molar-refractivity contribution in [2.45, 2.75) is 0 Å². The molecule has 0 N–H and O–H groups in total. The zero-order valence-electron chi connectivity index (χ0n) is 31.3. The summed E-state index contributed by atoms with van der Waals surface area (Å²) < 4.78 is 49.7. The highest BCUT2D eigenvalue weighted by molar-refractivity contribution is 6.22. The van der Waals surface area contributed by atoms with Crippen LogP contribution >= 0.6 is 0 Å². The van der Waals surface area contributed by atoms with Gasteiger partial charge in [0.05, 0.1) is 6.85 Å². The van der Waals surface area contributed by atoms with Gasteiger partial charge in [0.2, 0.25) is 0 Å². The number of benzene rings is 9. The van der Waals surface area contributed by atoms with E-state index in [1.807, 2.05) is 60.7 Å². The third kappa shape index (κ3) is 4.40. The summed E-state index contributed by atoms with van der Waals surface area (Å²) in [6, 6.07) is 50.5. The lowest BCUT2D eigenvalue weighted by Crippen LogP contribution is -1.92. The van der Waals surface area contributed by atoms with Crippen LogP contribution in [0.15, 0.2) is 186 Å². The molecule has 0 atom stereocenters. The van der Waals surface area contributed by atoms with Crippen LogP contribution in [0.1, 0.15) is 6.85 Å². The molecular weight excluding hydrogens is 593 g/mol. The van der Waals surface area contributed by atoms with Crippen LogP contribution in [0.2, 0.25) is 0 Å². The van der Waals surface area contributed by atoms with Gasteiger partial charge in [-0.25, -0.2) is 0 Å². The van der Waals surface area contributed by atoms with Crippen molar-refractivity contribution in [1.82, 2.24) is 0 Å². The minimum Gasteiger partial charge on any atom is -0.455 e. The first-order valence-corrected chi connectivity index (χ1v) is 16.4. The first-order valence-electron chi connectivity index (χ1n) is 18.9. The molecule has 0 saturated heterocycles. The maximum Gasteiger partial charge on any atom is 0.143 e. The first kappa shape index (κ1) is 23.0. The Labute approximate surface area is 291 Å². The second kappa shape index (κ2) is 11.1. The van der Waals surface area contributed by atoms with Gasteiger partial charge in [0.1, 0.15) is 11.2 Å². The van der Waals surface area contributed by atoms with Crippen LogP contribution in [0.25, 0.3) is 98.8 Å². The summed E-state index contributed by atoms with van der Waals surface area (Å²) in [5, 5.41) is 7.82. The van der Waals surface area contributed by atoms with Crippen LogP contribution < -0.4 is 0 Å². The highest BCUT2D eigenvalue weighted by Gasteiger charge is 2.20. The van der Waals surface area contributed by atoms with Gasteiger partial charge in [-0.15, -0.1) is 0 Å². The van der Waals surface area contributed by atoms with Gasteiger partial charge in [0.25, 0.3) is 0 Å². The monoisotopic (exact) mass is 627 g/mol. The number of hydrogen-bond donors (Lipinski definition) is 0. The summed E-state index contributed by atoms with van der Waals surface area (Å²) in [5.41, 5.74) is 8.80. The Morgan fingerprint density at radius 1 is 0.367 bits per heavy atom. The zero-order valence-corrected chi connectivity index (χ0v) is 26.3. The number of fused-ring (bicyclic) bond motifs is 6. The average Bonchev–Trinajstić information content (AvgIpc) is 3.60. The highest BCUT2D eigenvalue weighted by atomic mass is 16.3. The van der Waals surface area contributed by atoms with E-state index in [2.05, 4.69) is 91.0 Å². The molecule has 0 aliphatic rings. The molecule has 228 valence electrons. The molecule has 0 aliphatic heterocycles. The Kier molecular flexibility index (Phi) is 5.20. The minimum atomic E-state index is -0.403. The molecule has 0 unspecified atom stereocenters.